The highest BCUT2D eigenvalue weighted by Gasteiger charge is 2.32. The van der Waals surface area contributed by atoms with Gasteiger partial charge in [-0.05, 0) is 36.8 Å². The molecular weight excluding hydrogens is 230 g/mol. The van der Waals surface area contributed by atoms with Gasteiger partial charge in [0.2, 0.25) is 0 Å². The van der Waals surface area contributed by atoms with Crippen molar-refractivity contribution < 1.29 is 0 Å². The number of anilines is 1. The van der Waals surface area contributed by atoms with E-state index in [4.69, 9.17) is 0 Å². The number of fused-ring (bicyclic) bond motifs is 1. The van der Waals surface area contributed by atoms with Crippen LogP contribution >= 0.6 is 0 Å². The van der Waals surface area contributed by atoms with E-state index in [-0.39, 0.29) is 0 Å². The van der Waals surface area contributed by atoms with Gasteiger partial charge >= 0.3 is 0 Å². The summed E-state index contributed by atoms with van der Waals surface area (Å²) in [5.74, 6) is 0. The van der Waals surface area contributed by atoms with Crippen molar-refractivity contribution >= 4 is 5.69 Å². The Morgan fingerprint density at radius 3 is 2.47 bits per heavy atom. The second-order valence-electron chi connectivity index (χ2n) is 5.99. The molecule has 0 fully saturated rings. The quantitative estimate of drug-likeness (QED) is 0.712. The first kappa shape index (κ1) is 16.1. The van der Waals surface area contributed by atoms with Gasteiger partial charge in [0.25, 0.3) is 0 Å². The number of nitrogens with zero attached hydrogens (tertiary/aromatic N) is 1. The molecule has 0 saturated heterocycles. The summed E-state index contributed by atoms with van der Waals surface area (Å²) in [6.45, 7) is 14.7. The van der Waals surface area contributed by atoms with Crippen LogP contribution in [0.25, 0.3) is 0 Å². The molecule has 1 heterocycles. The topological polar surface area (TPSA) is 3.24 Å². The first-order valence-corrected chi connectivity index (χ1v) is 7.91. The predicted octanol–water partition coefficient (Wildman–Crippen LogP) is 5.29. The summed E-state index contributed by atoms with van der Waals surface area (Å²) < 4.78 is 0. The molecule has 0 aromatic heterocycles. The minimum Gasteiger partial charge on any atom is -0.368 e. The molecule has 1 aliphatic heterocycles. The van der Waals surface area contributed by atoms with Crippen molar-refractivity contribution in [3.63, 3.8) is 0 Å². The van der Waals surface area contributed by atoms with Crippen LogP contribution < -0.4 is 4.90 Å². The predicted molar refractivity (Wildman–Crippen MR) is 87.0 cm³/mol. The zero-order chi connectivity index (χ0) is 14.5. The Morgan fingerprint density at radius 2 is 1.84 bits per heavy atom. The number of para-hydroxylation sites is 1. The van der Waals surface area contributed by atoms with E-state index in [1.54, 1.807) is 0 Å². The highest BCUT2D eigenvalue weighted by molar-refractivity contribution is 5.58. The summed E-state index contributed by atoms with van der Waals surface area (Å²) in [4.78, 5) is 2.60. The number of hydrogen-bond acceptors (Lipinski definition) is 1. The van der Waals surface area contributed by atoms with E-state index in [1.165, 1.54) is 37.1 Å². The lowest BCUT2D eigenvalue weighted by Crippen LogP contribution is -2.42. The number of hydrogen-bond donors (Lipinski definition) is 0. The molecule has 0 amide bonds. The maximum Gasteiger partial charge on any atom is 0.0402 e. The van der Waals surface area contributed by atoms with Crippen LogP contribution in [0.3, 0.4) is 0 Å². The molecule has 0 aliphatic carbocycles. The van der Waals surface area contributed by atoms with Gasteiger partial charge in [0.05, 0.1) is 0 Å². The molecule has 1 unspecified atom stereocenters. The Morgan fingerprint density at radius 1 is 1.21 bits per heavy atom. The van der Waals surface area contributed by atoms with Gasteiger partial charge in [0.15, 0.2) is 0 Å². The maximum atomic E-state index is 2.60. The molecule has 0 radical (unpaired) electrons. The molecule has 1 nitrogen and oxygen atoms in total. The largest absolute Gasteiger partial charge is 0.368 e. The summed E-state index contributed by atoms with van der Waals surface area (Å²) in [6.07, 6.45) is 3.78. The Labute approximate surface area is 120 Å². The molecule has 1 atom stereocenters. The van der Waals surface area contributed by atoms with Gasteiger partial charge in [-0.25, -0.2) is 0 Å². The van der Waals surface area contributed by atoms with Crippen LogP contribution in [0.1, 0.15) is 59.9 Å². The third-order valence-corrected chi connectivity index (χ3v) is 4.42. The Balaban J connectivity index is 0.000000861. The molecule has 1 aromatic carbocycles. The minimum absolute atomic E-state index is 0.395. The third kappa shape index (κ3) is 3.52. The lowest BCUT2D eigenvalue weighted by molar-refractivity contribution is 0.264. The lowest BCUT2D eigenvalue weighted by atomic mass is 9.80. The number of benzene rings is 1. The van der Waals surface area contributed by atoms with E-state index in [9.17, 15) is 0 Å². The van der Waals surface area contributed by atoms with Gasteiger partial charge in [-0.3, -0.25) is 0 Å². The van der Waals surface area contributed by atoms with Crippen LogP contribution in [0.4, 0.5) is 5.69 Å². The fourth-order valence-electron chi connectivity index (χ4n) is 3.04. The molecular formula is C18H31N. The zero-order valence-corrected chi connectivity index (χ0v) is 13.7. The highest BCUT2D eigenvalue weighted by atomic mass is 15.2. The van der Waals surface area contributed by atoms with Crippen molar-refractivity contribution in [2.24, 2.45) is 5.41 Å². The summed E-state index contributed by atoms with van der Waals surface area (Å²) in [5.41, 5.74) is 3.38. The highest BCUT2D eigenvalue weighted by Crippen LogP contribution is 2.37. The van der Waals surface area contributed by atoms with Crippen LogP contribution in [0.5, 0.6) is 0 Å². The normalized spacial score (nSPS) is 15.6. The fraction of sp³-hybridized carbons (Fsp3) is 0.667. The standard InChI is InChI=1S/C16H25N.C2H6/c1-5-11-16(3,4)13(2)17-12-10-14-8-6-7-9-15(14)17;1-2/h6-9,13H,5,10-12H2,1-4H3;1-2H3. The molecule has 0 spiro atoms. The van der Waals surface area contributed by atoms with E-state index in [0.29, 0.717) is 11.5 Å². The smallest absolute Gasteiger partial charge is 0.0402 e. The molecule has 1 aliphatic rings. The molecule has 0 saturated carbocycles. The lowest BCUT2D eigenvalue weighted by Gasteiger charge is -2.39. The zero-order valence-electron chi connectivity index (χ0n) is 13.7. The van der Waals surface area contributed by atoms with Gasteiger partial charge in [0.1, 0.15) is 0 Å². The average molecular weight is 261 g/mol. The van der Waals surface area contributed by atoms with Crippen molar-refractivity contribution in [1.82, 2.24) is 0 Å². The van der Waals surface area contributed by atoms with Crippen molar-refractivity contribution in [2.75, 3.05) is 11.4 Å². The summed E-state index contributed by atoms with van der Waals surface area (Å²) in [6, 6.07) is 9.49. The summed E-state index contributed by atoms with van der Waals surface area (Å²) in [5, 5.41) is 0. The van der Waals surface area contributed by atoms with E-state index in [2.05, 4.69) is 56.9 Å². The van der Waals surface area contributed by atoms with Crippen molar-refractivity contribution in [2.45, 2.75) is 66.8 Å². The maximum absolute atomic E-state index is 2.60. The summed E-state index contributed by atoms with van der Waals surface area (Å²) >= 11 is 0. The minimum atomic E-state index is 0.395. The van der Waals surface area contributed by atoms with Crippen LogP contribution in [0.15, 0.2) is 24.3 Å². The van der Waals surface area contributed by atoms with Crippen molar-refractivity contribution in [3.8, 4) is 0 Å². The fourth-order valence-corrected chi connectivity index (χ4v) is 3.04. The number of rotatable bonds is 4. The van der Waals surface area contributed by atoms with Gasteiger partial charge in [0, 0.05) is 18.3 Å². The molecule has 1 aromatic rings. The molecule has 19 heavy (non-hydrogen) atoms. The average Bonchev–Trinajstić information content (AvgIpc) is 2.84. The van der Waals surface area contributed by atoms with Gasteiger partial charge in [-0.2, -0.15) is 0 Å². The van der Waals surface area contributed by atoms with E-state index < -0.39 is 0 Å². The van der Waals surface area contributed by atoms with Gasteiger partial charge in [-0.1, -0.05) is 59.2 Å². The van der Waals surface area contributed by atoms with Crippen LogP contribution in [0.2, 0.25) is 0 Å². The van der Waals surface area contributed by atoms with E-state index in [0.717, 1.165) is 0 Å². The van der Waals surface area contributed by atoms with E-state index >= 15 is 0 Å². The second kappa shape index (κ2) is 6.98. The molecule has 0 N–H and O–H groups in total. The molecule has 1 heteroatoms. The monoisotopic (exact) mass is 261 g/mol. The van der Waals surface area contributed by atoms with Crippen molar-refractivity contribution in [3.05, 3.63) is 29.8 Å². The molecule has 108 valence electrons. The first-order chi connectivity index (χ1) is 9.06. The molecule has 2 rings (SSSR count). The van der Waals surface area contributed by atoms with E-state index in [1.807, 2.05) is 13.8 Å². The summed E-state index contributed by atoms with van der Waals surface area (Å²) in [7, 11) is 0. The van der Waals surface area contributed by atoms with Gasteiger partial charge < -0.3 is 4.90 Å². The second-order valence-corrected chi connectivity index (χ2v) is 5.99. The van der Waals surface area contributed by atoms with Crippen molar-refractivity contribution in [1.29, 1.82) is 0 Å². The third-order valence-electron chi connectivity index (χ3n) is 4.42. The Bertz CT molecular complexity index is 381. The molecule has 0 bridgehead atoms. The SMILES string of the molecule is CC.CCCC(C)(C)C(C)N1CCc2ccccc21. The van der Waals surface area contributed by atoms with Crippen LogP contribution in [-0.4, -0.2) is 12.6 Å². The first-order valence-electron chi connectivity index (χ1n) is 7.91. The van der Waals surface area contributed by atoms with Crippen LogP contribution in [0, 0.1) is 5.41 Å². The van der Waals surface area contributed by atoms with Gasteiger partial charge in [-0.15, -0.1) is 0 Å². The Kier molecular flexibility index (Phi) is 5.90. The van der Waals surface area contributed by atoms with Crippen LogP contribution in [-0.2, 0) is 6.42 Å². The Hall–Kier alpha value is -0.980.